The number of ether oxygens (including phenoxy) is 1. The van der Waals surface area contributed by atoms with E-state index in [4.69, 9.17) is 4.74 Å². The Bertz CT molecular complexity index is 3140. The van der Waals surface area contributed by atoms with Gasteiger partial charge in [-0.15, -0.1) is 0 Å². The van der Waals surface area contributed by atoms with Crippen LogP contribution in [0.5, 0.6) is 0 Å². The summed E-state index contributed by atoms with van der Waals surface area (Å²) in [6.45, 7) is 4.91. The Morgan fingerprint density at radius 3 is 1.88 bits per heavy atom. The first-order valence-electron chi connectivity index (χ1n) is 22.5. The number of fused-ring (bicyclic) bond motifs is 2. The van der Waals surface area contributed by atoms with E-state index in [9.17, 15) is 19.5 Å². The number of anilines is 5. The molecule has 7 aromatic carbocycles. The van der Waals surface area contributed by atoms with Crippen molar-refractivity contribution in [3.05, 3.63) is 173 Å². The maximum absolute atomic E-state index is 16.9. The first-order chi connectivity index (χ1) is 31.9. The van der Waals surface area contributed by atoms with Gasteiger partial charge in [-0.3, -0.25) is 29.0 Å². The first-order valence-corrected chi connectivity index (χ1v) is 22.5. The molecule has 1 fully saturated rings. The number of carbonyl (C=O) groups is 4. The van der Waals surface area contributed by atoms with E-state index >= 15 is 9.18 Å². The highest BCUT2D eigenvalue weighted by Gasteiger charge is 2.66. The average molecular weight is 879 g/mol. The standard InChI is InChI=1S/C55H47FN4O6/c1-33-50(54(2,3)56)46(30-47(62)57(27-28-61)31-34-11-5-4-6-12-34)66-55(33)42-29-39(60-45-20-10-16-37-14-8-18-41(49(37)45)52(60)64)25-26-43(42)58(53(55)65)32-35-21-23-38(24-22-35)59-44-19-9-15-36-13-7-17-40(48(36)44)51(59)63/h4-26,29,33,46,50,61H,27-28,30-32H2,1-3H3/t33-,46+,50-,55+/m1/s1. The van der Waals surface area contributed by atoms with Crippen LogP contribution in [0.3, 0.4) is 0 Å². The molecule has 0 saturated carbocycles. The zero-order valence-electron chi connectivity index (χ0n) is 36.8. The molecule has 0 bridgehead atoms. The molecule has 1 spiro atoms. The third-order valence-electron chi connectivity index (χ3n) is 14.2. The Hall–Kier alpha value is -7.21. The predicted octanol–water partition coefficient (Wildman–Crippen LogP) is 10.1. The van der Waals surface area contributed by atoms with Gasteiger partial charge in [0.1, 0.15) is 5.67 Å². The van der Waals surface area contributed by atoms with Gasteiger partial charge < -0.3 is 19.6 Å². The van der Waals surface area contributed by atoms with E-state index in [0.717, 1.165) is 38.4 Å². The van der Waals surface area contributed by atoms with Crippen molar-refractivity contribution >= 4 is 73.6 Å². The summed E-state index contributed by atoms with van der Waals surface area (Å²) in [5.74, 6) is -2.74. The number of carbonyl (C=O) groups excluding carboxylic acids is 4. The number of amides is 4. The van der Waals surface area contributed by atoms with Crippen LogP contribution in [0.25, 0.3) is 21.5 Å². The number of aliphatic hydroxyl groups excluding tert-OH is 1. The number of hydrogen-bond acceptors (Lipinski definition) is 6. The van der Waals surface area contributed by atoms with Crippen molar-refractivity contribution in [2.75, 3.05) is 27.9 Å². The second-order valence-corrected chi connectivity index (χ2v) is 18.4. The SMILES string of the molecule is C[C@@H]1[C@@H](C(C)(C)F)[C@H](CC(=O)N(CCO)Cc2ccccc2)O[C@@]12C(=O)N(Cc1ccc(N3C(=O)c4cccc5cccc3c45)cc1)c1ccc(N3C(=O)c4cccc5cccc3c45)cc12. The van der Waals surface area contributed by atoms with Gasteiger partial charge in [0.15, 0.2) is 5.60 Å². The van der Waals surface area contributed by atoms with Crippen molar-refractivity contribution < 1.29 is 33.4 Å². The summed E-state index contributed by atoms with van der Waals surface area (Å²) in [5.41, 5.74) is 3.00. The zero-order valence-corrected chi connectivity index (χ0v) is 36.8. The monoisotopic (exact) mass is 878 g/mol. The third kappa shape index (κ3) is 6.28. The molecule has 4 heterocycles. The van der Waals surface area contributed by atoms with Crippen LogP contribution in [0.15, 0.2) is 146 Å². The van der Waals surface area contributed by atoms with Crippen molar-refractivity contribution in [3.63, 3.8) is 0 Å². The van der Waals surface area contributed by atoms with Gasteiger partial charge in [0, 0.05) is 52.6 Å². The topological polar surface area (TPSA) is 111 Å². The summed E-state index contributed by atoms with van der Waals surface area (Å²) in [6.07, 6.45) is -1.25. The molecular formula is C55H47FN4O6. The quantitative estimate of drug-likeness (QED) is 0.139. The van der Waals surface area contributed by atoms with Crippen molar-refractivity contribution in [1.82, 2.24) is 4.90 Å². The van der Waals surface area contributed by atoms with Crippen molar-refractivity contribution in [3.8, 4) is 0 Å². The van der Waals surface area contributed by atoms with E-state index in [2.05, 4.69) is 0 Å². The smallest absolute Gasteiger partial charge is 0.264 e. The molecular weight excluding hydrogens is 832 g/mol. The van der Waals surface area contributed by atoms with Gasteiger partial charge >= 0.3 is 0 Å². The second kappa shape index (κ2) is 15.5. The molecule has 66 heavy (non-hydrogen) atoms. The minimum Gasteiger partial charge on any atom is -0.395 e. The molecule has 11 heteroatoms. The van der Waals surface area contributed by atoms with Gasteiger partial charge in [0.2, 0.25) is 5.91 Å². The number of halogens is 1. The van der Waals surface area contributed by atoms with Crippen LogP contribution in [-0.4, -0.2) is 58.6 Å². The number of hydrogen-bond donors (Lipinski definition) is 1. The van der Waals surface area contributed by atoms with E-state index < -0.39 is 35.1 Å². The molecule has 330 valence electrons. The highest BCUT2D eigenvalue weighted by Crippen LogP contribution is 2.59. The van der Waals surface area contributed by atoms with Crippen LogP contribution in [-0.2, 0) is 33.0 Å². The lowest BCUT2D eigenvalue weighted by atomic mass is 9.71. The fraction of sp³-hybridized carbons (Fsp3) is 0.236. The van der Waals surface area contributed by atoms with E-state index in [1.165, 1.54) is 13.8 Å². The molecule has 0 unspecified atom stereocenters. The fourth-order valence-electron chi connectivity index (χ4n) is 11.3. The molecule has 0 aliphatic carbocycles. The molecule has 11 rings (SSSR count). The number of rotatable bonds is 11. The number of benzene rings is 7. The summed E-state index contributed by atoms with van der Waals surface area (Å²) in [7, 11) is 0. The van der Waals surface area contributed by atoms with Crippen LogP contribution in [0.1, 0.15) is 64.6 Å². The Morgan fingerprint density at radius 2 is 1.29 bits per heavy atom. The van der Waals surface area contributed by atoms with E-state index in [-0.39, 0.29) is 50.4 Å². The molecule has 0 aromatic heterocycles. The number of nitrogens with zero attached hydrogens (tertiary/aromatic N) is 4. The Kier molecular flexibility index (Phi) is 9.72. The summed E-state index contributed by atoms with van der Waals surface area (Å²) < 4.78 is 23.9. The fourth-order valence-corrected chi connectivity index (χ4v) is 11.3. The minimum absolute atomic E-state index is 0.0655. The van der Waals surface area contributed by atoms with E-state index in [1.807, 2.05) is 153 Å². The highest BCUT2D eigenvalue weighted by atomic mass is 19.1. The largest absolute Gasteiger partial charge is 0.395 e. The van der Waals surface area contributed by atoms with Gasteiger partial charge in [0.05, 0.1) is 53.9 Å². The highest BCUT2D eigenvalue weighted by molar-refractivity contribution is 6.29. The lowest BCUT2D eigenvalue weighted by Crippen LogP contribution is -2.45. The molecule has 4 atom stereocenters. The Labute approximate surface area is 381 Å². The number of aliphatic hydroxyl groups is 1. The molecule has 4 amide bonds. The van der Waals surface area contributed by atoms with Gasteiger partial charge in [-0.1, -0.05) is 97.9 Å². The summed E-state index contributed by atoms with van der Waals surface area (Å²) in [4.78, 5) is 64.5. The first kappa shape index (κ1) is 41.5. The molecule has 0 radical (unpaired) electrons. The van der Waals surface area contributed by atoms with Crippen molar-refractivity contribution in [1.29, 1.82) is 0 Å². The van der Waals surface area contributed by atoms with Crippen LogP contribution < -0.4 is 14.7 Å². The zero-order chi connectivity index (χ0) is 45.6. The summed E-state index contributed by atoms with van der Waals surface area (Å²) in [6, 6.07) is 45.5. The molecule has 10 nitrogen and oxygen atoms in total. The van der Waals surface area contributed by atoms with Gasteiger partial charge in [-0.25, -0.2) is 4.39 Å². The molecule has 1 N–H and O–H groups in total. The third-order valence-corrected chi connectivity index (χ3v) is 14.2. The van der Waals surface area contributed by atoms with E-state index in [1.54, 1.807) is 19.6 Å². The van der Waals surface area contributed by atoms with Gasteiger partial charge in [0.25, 0.3) is 17.7 Å². The second-order valence-electron chi connectivity index (χ2n) is 18.4. The summed E-state index contributed by atoms with van der Waals surface area (Å²) >= 11 is 0. The van der Waals surface area contributed by atoms with Gasteiger partial charge in [-0.05, 0) is 90.3 Å². The molecule has 4 aliphatic heterocycles. The lowest BCUT2D eigenvalue weighted by Gasteiger charge is -2.33. The molecule has 7 aromatic rings. The predicted molar refractivity (Wildman–Crippen MR) is 253 cm³/mol. The minimum atomic E-state index is -1.89. The number of alkyl halides is 1. The maximum atomic E-state index is 16.9. The van der Waals surface area contributed by atoms with Crippen molar-refractivity contribution in [2.24, 2.45) is 11.8 Å². The Morgan fingerprint density at radius 1 is 0.712 bits per heavy atom. The van der Waals surface area contributed by atoms with Crippen LogP contribution >= 0.6 is 0 Å². The van der Waals surface area contributed by atoms with Gasteiger partial charge in [-0.2, -0.15) is 0 Å². The molecule has 4 aliphatic rings. The van der Waals surface area contributed by atoms with E-state index in [0.29, 0.717) is 39.4 Å². The normalized spacial score (nSPS) is 20.7. The molecule has 1 saturated heterocycles. The van der Waals surface area contributed by atoms with Crippen molar-refractivity contribution in [2.45, 2.75) is 57.7 Å². The van der Waals surface area contributed by atoms with Crippen LogP contribution in [0.4, 0.5) is 32.8 Å². The summed E-state index contributed by atoms with van der Waals surface area (Å²) in [5, 5.41) is 13.7. The lowest BCUT2D eigenvalue weighted by molar-refractivity contribution is -0.150. The Balaban J connectivity index is 0.978. The average Bonchev–Trinajstić information content (AvgIpc) is 3.96. The van der Waals surface area contributed by atoms with Crippen LogP contribution in [0.2, 0.25) is 0 Å². The maximum Gasteiger partial charge on any atom is 0.264 e. The van der Waals surface area contributed by atoms with Crippen LogP contribution in [0, 0.1) is 11.8 Å².